The Morgan fingerprint density at radius 1 is 0.483 bits per heavy atom. The van der Waals surface area contributed by atoms with Crippen molar-refractivity contribution in [2.24, 2.45) is 35.5 Å². The van der Waals surface area contributed by atoms with Gasteiger partial charge in [0.05, 0.1) is 98.2 Å². The fraction of sp³-hybridized carbons (Fsp3) is 1.00. The molecule has 0 aromatic rings. The van der Waals surface area contributed by atoms with Gasteiger partial charge in [0.25, 0.3) is 0 Å². The minimum Gasteiger partial charge on any atom is -0.394 e. The standard InChI is InChI=1S/C40H66O18/c1-52-27-6-15(7-28(53-2)32(27)48)37-39(58-40-35(51)34(50)33(49)29(13-41)56-40)18-11-26(54-24-8-16(42)9-25(55-37)30(18)24)31-22(46)12-20(44)17-10-23(47)36(57-38(17)31)14-3-4-19(43)21(45)5-14/h14-51H,3-13H2,1-2H3/t14?,15?,16?,17?,18?,19?,20?,21?,22?,23-,24?,25?,26?,27?,28?,29-,30?,31?,32?,33-,34+,35-,36-,37?,38?,39?,40+/m1/s1. The van der Waals surface area contributed by atoms with Gasteiger partial charge in [0, 0.05) is 38.4 Å². The molecule has 4 saturated carbocycles. The van der Waals surface area contributed by atoms with Crippen LogP contribution in [0.2, 0.25) is 0 Å². The average molecular weight is 835 g/mol. The zero-order valence-electron chi connectivity index (χ0n) is 33.1. The summed E-state index contributed by atoms with van der Waals surface area (Å²) in [5.41, 5.74) is 0. The maximum absolute atomic E-state index is 11.9. The predicted molar refractivity (Wildman–Crippen MR) is 195 cm³/mol. The molecule has 8 fully saturated rings. The lowest BCUT2D eigenvalue weighted by molar-refractivity contribution is -0.355. The first-order valence-electron chi connectivity index (χ1n) is 21.5. The van der Waals surface area contributed by atoms with Crippen LogP contribution in [0.1, 0.15) is 64.2 Å². The van der Waals surface area contributed by atoms with Crippen LogP contribution in [0, 0.1) is 35.5 Å². The van der Waals surface area contributed by atoms with Crippen LogP contribution in [0.4, 0.5) is 0 Å². The molecule has 0 spiro atoms. The third-order valence-corrected chi connectivity index (χ3v) is 15.5. The maximum atomic E-state index is 11.9. The summed E-state index contributed by atoms with van der Waals surface area (Å²) in [6.07, 6.45) is -17.6. The lowest BCUT2D eigenvalue weighted by Gasteiger charge is -2.60. The molecule has 334 valence electrons. The number of hydrogen-bond donors (Lipinski definition) is 11. The minimum absolute atomic E-state index is 0.0164. The van der Waals surface area contributed by atoms with E-state index in [1.165, 1.54) is 14.2 Å². The van der Waals surface area contributed by atoms with Crippen LogP contribution in [0.25, 0.3) is 0 Å². The number of hydrogen-bond acceptors (Lipinski definition) is 18. The van der Waals surface area contributed by atoms with Crippen LogP contribution in [-0.2, 0) is 33.2 Å². The van der Waals surface area contributed by atoms with Crippen molar-refractivity contribution in [3.8, 4) is 0 Å². The lowest BCUT2D eigenvalue weighted by Crippen LogP contribution is -2.68. The molecule has 8 aliphatic rings. The topological polar surface area (TPSA) is 287 Å². The molecular weight excluding hydrogens is 768 g/mol. The van der Waals surface area contributed by atoms with Crippen LogP contribution in [-0.4, -0.2) is 205 Å². The smallest absolute Gasteiger partial charge is 0.187 e. The molecule has 0 aromatic heterocycles. The van der Waals surface area contributed by atoms with Crippen molar-refractivity contribution in [1.82, 2.24) is 0 Å². The predicted octanol–water partition coefficient (Wildman–Crippen LogP) is -3.32. The first-order valence-corrected chi connectivity index (χ1v) is 21.5. The molecule has 8 rings (SSSR count). The van der Waals surface area contributed by atoms with E-state index in [9.17, 15) is 56.2 Å². The second-order valence-electron chi connectivity index (χ2n) is 18.7. The Morgan fingerprint density at radius 2 is 1.16 bits per heavy atom. The number of fused-ring (bicyclic) bond motifs is 1. The van der Waals surface area contributed by atoms with Gasteiger partial charge in [-0.05, 0) is 75.5 Å². The van der Waals surface area contributed by atoms with E-state index in [1.807, 2.05) is 0 Å². The van der Waals surface area contributed by atoms with Crippen molar-refractivity contribution in [2.45, 2.75) is 193 Å². The summed E-state index contributed by atoms with van der Waals surface area (Å²) < 4.78 is 44.7. The molecule has 4 heterocycles. The second kappa shape index (κ2) is 17.8. The van der Waals surface area contributed by atoms with Gasteiger partial charge in [-0.3, -0.25) is 0 Å². The van der Waals surface area contributed by atoms with Gasteiger partial charge in [-0.2, -0.15) is 0 Å². The van der Waals surface area contributed by atoms with Crippen molar-refractivity contribution < 1.29 is 89.3 Å². The number of rotatable bonds is 8. The Hall–Kier alpha value is -0.720. The van der Waals surface area contributed by atoms with Gasteiger partial charge in [0.15, 0.2) is 6.29 Å². The lowest BCUT2D eigenvalue weighted by atomic mass is 9.61. The second-order valence-corrected chi connectivity index (χ2v) is 18.7. The average Bonchev–Trinajstić information content (AvgIpc) is 3.19. The zero-order valence-corrected chi connectivity index (χ0v) is 33.1. The molecule has 0 bridgehead atoms. The summed E-state index contributed by atoms with van der Waals surface area (Å²) in [4.78, 5) is 0. The van der Waals surface area contributed by atoms with Crippen molar-refractivity contribution in [3.05, 3.63) is 0 Å². The van der Waals surface area contributed by atoms with Gasteiger partial charge < -0.3 is 89.3 Å². The molecule has 18 unspecified atom stereocenters. The van der Waals surface area contributed by atoms with Crippen LogP contribution in [0.5, 0.6) is 0 Å². The van der Waals surface area contributed by atoms with Crippen LogP contribution in [0.3, 0.4) is 0 Å². The first kappa shape index (κ1) is 43.9. The highest BCUT2D eigenvalue weighted by Crippen LogP contribution is 2.54. The number of methoxy groups -OCH3 is 2. The molecule has 0 radical (unpaired) electrons. The number of ether oxygens (including phenoxy) is 7. The van der Waals surface area contributed by atoms with E-state index in [0.717, 1.165) is 0 Å². The van der Waals surface area contributed by atoms with Crippen molar-refractivity contribution in [2.75, 3.05) is 20.8 Å². The summed E-state index contributed by atoms with van der Waals surface area (Å²) >= 11 is 0. The fourth-order valence-electron chi connectivity index (χ4n) is 12.5. The molecule has 25 atom stereocenters. The summed E-state index contributed by atoms with van der Waals surface area (Å²) in [5, 5.41) is 120. The van der Waals surface area contributed by atoms with Crippen LogP contribution >= 0.6 is 0 Å². The van der Waals surface area contributed by atoms with Crippen LogP contribution in [0.15, 0.2) is 0 Å². The molecule has 58 heavy (non-hydrogen) atoms. The van der Waals surface area contributed by atoms with E-state index in [1.54, 1.807) is 0 Å². The van der Waals surface area contributed by atoms with E-state index in [-0.39, 0.29) is 49.9 Å². The normalized spacial score (nSPS) is 57.6. The molecule has 11 N–H and O–H groups in total. The van der Waals surface area contributed by atoms with Crippen molar-refractivity contribution >= 4 is 0 Å². The number of aliphatic hydroxyl groups excluding tert-OH is 11. The van der Waals surface area contributed by atoms with Crippen molar-refractivity contribution in [1.29, 1.82) is 0 Å². The van der Waals surface area contributed by atoms with Gasteiger partial charge in [-0.1, -0.05) is 0 Å². The number of aliphatic hydroxyl groups is 11. The first-order chi connectivity index (χ1) is 27.7. The summed E-state index contributed by atoms with van der Waals surface area (Å²) in [6.45, 7) is -0.658. The Kier molecular flexibility index (Phi) is 13.5. The summed E-state index contributed by atoms with van der Waals surface area (Å²) in [7, 11) is 3.01. The molecule has 4 aliphatic carbocycles. The quantitative estimate of drug-likeness (QED) is 0.114. The van der Waals surface area contributed by atoms with Crippen LogP contribution < -0.4 is 0 Å². The van der Waals surface area contributed by atoms with Gasteiger partial charge >= 0.3 is 0 Å². The monoisotopic (exact) mass is 834 g/mol. The Balaban J connectivity index is 1.14. The van der Waals surface area contributed by atoms with Gasteiger partial charge in [-0.25, -0.2) is 0 Å². The van der Waals surface area contributed by atoms with E-state index in [0.29, 0.717) is 32.1 Å². The molecule has 4 saturated heterocycles. The van der Waals surface area contributed by atoms with E-state index in [4.69, 9.17) is 33.2 Å². The summed E-state index contributed by atoms with van der Waals surface area (Å²) in [6, 6.07) is 0. The molecule has 18 heteroatoms. The van der Waals surface area contributed by atoms with Crippen molar-refractivity contribution in [3.63, 3.8) is 0 Å². The highest BCUT2D eigenvalue weighted by molar-refractivity contribution is 5.10. The molecule has 4 aliphatic heterocycles. The third kappa shape index (κ3) is 8.05. The van der Waals surface area contributed by atoms with E-state index < -0.39 is 153 Å². The van der Waals surface area contributed by atoms with Gasteiger partial charge in [0.2, 0.25) is 0 Å². The van der Waals surface area contributed by atoms with E-state index in [2.05, 4.69) is 0 Å². The minimum atomic E-state index is -1.71. The zero-order chi connectivity index (χ0) is 41.3. The Morgan fingerprint density at radius 3 is 1.81 bits per heavy atom. The fourth-order valence-corrected chi connectivity index (χ4v) is 12.5. The third-order valence-electron chi connectivity index (χ3n) is 15.5. The SMILES string of the molecule is COC1CC(C2OC3CC(O)CC4OC(C5C(O)CC(O)C6C[C@@H](O)[C@@H](C7CCC(O)C(O)C7)OC65)CC(C2O[C@@H]2O[C@H](CO)[C@@H](O)[C@H](O)[C@H]2O)C43)CC(OC)C1O. The maximum Gasteiger partial charge on any atom is 0.187 e. The summed E-state index contributed by atoms with van der Waals surface area (Å²) in [5.74, 6) is -2.63. The molecule has 18 nitrogen and oxygen atoms in total. The van der Waals surface area contributed by atoms with Gasteiger partial charge in [0.1, 0.15) is 30.5 Å². The Labute approximate surface area is 337 Å². The largest absolute Gasteiger partial charge is 0.394 e. The highest BCUT2D eigenvalue weighted by Gasteiger charge is 2.62. The van der Waals surface area contributed by atoms with E-state index >= 15 is 0 Å². The Bertz CT molecular complexity index is 1350. The van der Waals surface area contributed by atoms with Gasteiger partial charge in [-0.15, -0.1) is 0 Å². The molecule has 0 amide bonds. The highest BCUT2D eigenvalue weighted by atomic mass is 16.7. The molecular formula is C40H66O18. The molecule has 0 aromatic carbocycles.